The van der Waals surface area contributed by atoms with Crippen molar-refractivity contribution in [2.45, 2.75) is 25.7 Å². The number of oxazole rings is 1. The summed E-state index contributed by atoms with van der Waals surface area (Å²) in [6.45, 7) is 2.02. The lowest BCUT2D eigenvalue weighted by atomic mass is 10.2. The first-order valence-electron chi connectivity index (χ1n) is 4.92. The van der Waals surface area contributed by atoms with Crippen molar-refractivity contribution < 1.29 is 4.42 Å². The molecule has 0 radical (unpaired) electrons. The molecule has 0 unspecified atom stereocenters. The third kappa shape index (κ3) is 1.49. The summed E-state index contributed by atoms with van der Waals surface area (Å²) in [6, 6.07) is 1.86. The Morgan fingerprint density at radius 1 is 1.53 bits per heavy atom. The summed E-state index contributed by atoms with van der Waals surface area (Å²) in [5.74, 6) is 1.36. The molecular formula is C11H9BrClNO. The van der Waals surface area contributed by atoms with Gasteiger partial charge in [0.1, 0.15) is 5.52 Å². The highest BCUT2D eigenvalue weighted by molar-refractivity contribution is 9.10. The molecule has 2 nitrogen and oxygen atoms in total. The molecule has 1 fully saturated rings. The van der Waals surface area contributed by atoms with Crippen LogP contribution < -0.4 is 0 Å². The van der Waals surface area contributed by atoms with Crippen molar-refractivity contribution in [3.05, 3.63) is 27.0 Å². The molecule has 0 aliphatic heterocycles. The van der Waals surface area contributed by atoms with E-state index in [0.717, 1.165) is 27.0 Å². The summed E-state index contributed by atoms with van der Waals surface area (Å²) in [5, 5.41) is 0.627. The number of aryl methyl sites for hydroxylation is 1. The van der Waals surface area contributed by atoms with Crippen molar-refractivity contribution in [1.29, 1.82) is 0 Å². The summed E-state index contributed by atoms with van der Waals surface area (Å²) in [5.41, 5.74) is 2.69. The van der Waals surface area contributed by atoms with Crippen molar-refractivity contribution >= 4 is 38.6 Å². The monoisotopic (exact) mass is 285 g/mol. The van der Waals surface area contributed by atoms with E-state index in [-0.39, 0.29) is 0 Å². The Bertz CT molecular complexity index is 545. The van der Waals surface area contributed by atoms with E-state index in [1.54, 1.807) is 0 Å². The van der Waals surface area contributed by atoms with Crippen molar-refractivity contribution in [1.82, 2.24) is 4.98 Å². The van der Waals surface area contributed by atoms with Crippen LogP contribution in [-0.2, 0) is 0 Å². The van der Waals surface area contributed by atoms with Crippen molar-refractivity contribution in [3.8, 4) is 0 Å². The van der Waals surface area contributed by atoms with Gasteiger partial charge in [-0.3, -0.25) is 0 Å². The van der Waals surface area contributed by atoms with Gasteiger partial charge in [-0.05, 0) is 31.4 Å². The number of rotatable bonds is 1. The number of hydrogen-bond donors (Lipinski definition) is 0. The van der Waals surface area contributed by atoms with Crippen molar-refractivity contribution in [2.24, 2.45) is 0 Å². The minimum Gasteiger partial charge on any atom is -0.439 e. The zero-order valence-electron chi connectivity index (χ0n) is 8.18. The standard InChI is InChI=1S/C11H9BrClNO/c1-5-7(12)4-8(13)10-9(5)14-11(15-10)6-2-3-6/h4,6H,2-3H2,1H3. The molecular weight excluding hydrogens is 277 g/mol. The van der Waals surface area contributed by atoms with Crippen molar-refractivity contribution in [2.75, 3.05) is 0 Å². The van der Waals surface area contributed by atoms with Gasteiger partial charge in [-0.1, -0.05) is 27.5 Å². The molecule has 4 heteroatoms. The molecule has 1 aliphatic rings. The minimum absolute atomic E-state index is 0.520. The lowest BCUT2D eigenvalue weighted by Gasteiger charge is -1.98. The molecule has 1 aliphatic carbocycles. The third-order valence-electron chi connectivity index (χ3n) is 2.75. The van der Waals surface area contributed by atoms with E-state index >= 15 is 0 Å². The maximum atomic E-state index is 6.11. The number of nitrogens with zero attached hydrogens (tertiary/aromatic N) is 1. The van der Waals surface area contributed by atoms with Gasteiger partial charge >= 0.3 is 0 Å². The van der Waals surface area contributed by atoms with E-state index in [9.17, 15) is 0 Å². The highest BCUT2D eigenvalue weighted by atomic mass is 79.9. The SMILES string of the molecule is Cc1c(Br)cc(Cl)c2oc(C3CC3)nc12. The van der Waals surface area contributed by atoms with Crippen LogP contribution in [0.5, 0.6) is 0 Å². The van der Waals surface area contributed by atoms with Crippen LogP contribution in [0, 0.1) is 6.92 Å². The minimum atomic E-state index is 0.520. The molecule has 0 amide bonds. The number of fused-ring (bicyclic) bond motifs is 1. The van der Waals surface area contributed by atoms with Gasteiger partial charge in [-0.2, -0.15) is 0 Å². The fraction of sp³-hybridized carbons (Fsp3) is 0.364. The lowest BCUT2D eigenvalue weighted by Crippen LogP contribution is -1.81. The van der Waals surface area contributed by atoms with E-state index in [0.29, 0.717) is 10.9 Å². The van der Waals surface area contributed by atoms with Gasteiger partial charge in [-0.15, -0.1) is 0 Å². The van der Waals surface area contributed by atoms with Crippen LogP contribution in [0.1, 0.15) is 30.2 Å². The first-order valence-corrected chi connectivity index (χ1v) is 6.09. The van der Waals surface area contributed by atoms with Gasteiger partial charge in [0.25, 0.3) is 0 Å². The predicted octanol–water partition coefficient (Wildman–Crippen LogP) is 4.43. The van der Waals surface area contributed by atoms with Crippen LogP contribution >= 0.6 is 27.5 Å². The van der Waals surface area contributed by atoms with E-state index in [1.165, 1.54) is 12.8 Å². The molecule has 15 heavy (non-hydrogen) atoms. The average Bonchev–Trinajstić information content (AvgIpc) is 2.94. The van der Waals surface area contributed by atoms with Crippen LogP contribution in [0.3, 0.4) is 0 Å². The maximum absolute atomic E-state index is 6.11. The zero-order chi connectivity index (χ0) is 10.6. The van der Waals surface area contributed by atoms with E-state index < -0.39 is 0 Å². The molecule has 1 heterocycles. The predicted molar refractivity (Wildman–Crippen MR) is 63.4 cm³/mol. The van der Waals surface area contributed by atoms with Crippen LogP contribution in [0.15, 0.2) is 15.0 Å². The topological polar surface area (TPSA) is 26.0 Å². The first-order chi connectivity index (χ1) is 7.16. The highest BCUT2D eigenvalue weighted by Crippen LogP contribution is 2.42. The van der Waals surface area contributed by atoms with Gasteiger partial charge < -0.3 is 4.42 Å². The molecule has 0 atom stereocenters. The van der Waals surface area contributed by atoms with Crippen LogP contribution in [0.2, 0.25) is 5.02 Å². The largest absolute Gasteiger partial charge is 0.439 e. The lowest BCUT2D eigenvalue weighted by molar-refractivity contribution is 0.533. The van der Waals surface area contributed by atoms with E-state index in [2.05, 4.69) is 20.9 Å². The highest BCUT2D eigenvalue weighted by Gasteiger charge is 2.29. The molecule has 0 saturated heterocycles. The second-order valence-electron chi connectivity index (χ2n) is 3.97. The molecule has 1 saturated carbocycles. The van der Waals surface area contributed by atoms with Gasteiger partial charge in [0.15, 0.2) is 11.5 Å². The fourth-order valence-corrected chi connectivity index (χ4v) is 2.44. The van der Waals surface area contributed by atoms with Gasteiger partial charge in [0.2, 0.25) is 0 Å². The molecule has 0 N–H and O–H groups in total. The quantitative estimate of drug-likeness (QED) is 0.775. The maximum Gasteiger partial charge on any atom is 0.198 e. The Morgan fingerprint density at radius 2 is 2.27 bits per heavy atom. The number of aromatic nitrogens is 1. The summed E-state index contributed by atoms with van der Waals surface area (Å²) in [4.78, 5) is 4.51. The van der Waals surface area contributed by atoms with E-state index in [4.69, 9.17) is 16.0 Å². The fourth-order valence-electron chi connectivity index (χ4n) is 1.66. The molecule has 0 spiro atoms. The van der Waals surface area contributed by atoms with Gasteiger partial charge in [-0.25, -0.2) is 4.98 Å². The molecule has 0 bridgehead atoms. The summed E-state index contributed by atoms with van der Waals surface area (Å²) in [7, 11) is 0. The zero-order valence-corrected chi connectivity index (χ0v) is 10.5. The van der Waals surface area contributed by atoms with Gasteiger partial charge in [0.05, 0.1) is 5.02 Å². The van der Waals surface area contributed by atoms with Crippen LogP contribution in [0.25, 0.3) is 11.1 Å². The second kappa shape index (κ2) is 3.22. The van der Waals surface area contributed by atoms with Crippen molar-refractivity contribution in [3.63, 3.8) is 0 Å². The molecule has 3 rings (SSSR count). The van der Waals surface area contributed by atoms with Crippen LogP contribution in [-0.4, -0.2) is 4.98 Å². The second-order valence-corrected chi connectivity index (χ2v) is 5.23. The normalized spacial score (nSPS) is 16.2. The van der Waals surface area contributed by atoms with Gasteiger partial charge in [0, 0.05) is 10.4 Å². The Balaban J connectivity index is 2.32. The number of hydrogen-bond acceptors (Lipinski definition) is 2. The molecule has 1 aromatic carbocycles. The first kappa shape index (κ1) is 9.67. The molecule has 78 valence electrons. The Labute approximate surface area is 101 Å². The smallest absolute Gasteiger partial charge is 0.198 e. The summed E-state index contributed by atoms with van der Waals surface area (Å²) in [6.07, 6.45) is 2.37. The molecule has 2 aromatic rings. The average molecular weight is 287 g/mol. The summed E-state index contributed by atoms with van der Waals surface area (Å²) >= 11 is 9.57. The van der Waals surface area contributed by atoms with E-state index in [1.807, 2.05) is 13.0 Å². The van der Waals surface area contributed by atoms with Crippen LogP contribution in [0.4, 0.5) is 0 Å². The Hall–Kier alpha value is -0.540. The molecule has 1 aromatic heterocycles. The number of benzene rings is 1. The summed E-state index contributed by atoms with van der Waals surface area (Å²) < 4.78 is 6.68. The number of halogens is 2. The Kier molecular flexibility index (Phi) is 2.08. The third-order valence-corrected chi connectivity index (χ3v) is 3.86. The Morgan fingerprint density at radius 3 is 2.93 bits per heavy atom.